The third-order valence-corrected chi connectivity index (χ3v) is 5.38. The number of carbonyl (C=O) groups is 2. The van der Waals surface area contributed by atoms with Crippen LogP contribution in [0.1, 0.15) is 51.7 Å². The summed E-state index contributed by atoms with van der Waals surface area (Å²) in [5, 5.41) is 0.279. The lowest BCUT2D eigenvalue weighted by atomic mass is 9.74. The van der Waals surface area contributed by atoms with Crippen LogP contribution in [0, 0.1) is 5.82 Å². The van der Waals surface area contributed by atoms with Crippen LogP contribution >= 0.6 is 11.6 Å². The van der Waals surface area contributed by atoms with Crippen LogP contribution < -0.4 is 4.74 Å². The van der Waals surface area contributed by atoms with Crippen molar-refractivity contribution >= 4 is 23.2 Å². The van der Waals surface area contributed by atoms with Gasteiger partial charge in [0.2, 0.25) is 0 Å². The fraction of sp³-hybridized carbons (Fsp3) is 0.391. The van der Waals surface area contributed by atoms with Gasteiger partial charge in [0.1, 0.15) is 22.9 Å². The zero-order valence-corrected chi connectivity index (χ0v) is 17.9. The minimum atomic E-state index is -1.07. The summed E-state index contributed by atoms with van der Waals surface area (Å²) in [5.41, 5.74) is -0.725. The van der Waals surface area contributed by atoms with E-state index in [1.54, 1.807) is 52.0 Å². The Morgan fingerprint density at radius 2 is 1.66 bits per heavy atom. The number of ketones is 2. The normalized spacial score (nSPS) is 18.7. The molecule has 0 aromatic heterocycles. The second-order valence-corrected chi connectivity index (χ2v) is 8.61. The van der Waals surface area contributed by atoms with E-state index in [9.17, 15) is 14.0 Å². The third kappa shape index (κ3) is 4.07. The van der Waals surface area contributed by atoms with E-state index in [0.29, 0.717) is 17.7 Å². The summed E-state index contributed by atoms with van der Waals surface area (Å²) in [5.74, 6) is -1.56. The Hall–Kier alpha value is -2.24. The van der Waals surface area contributed by atoms with Gasteiger partial charge < -0.3 is 9.47 Å². The first-order valence-corrected chi connectivity index (χ1v) is 9.88. The average Bonchev–Trinajstić information content (AvgIpc) is 2.63. The molecule has 154 valence electrons. The summed E-state index contributed by atoms with van der Waals surface area (Å²) < 4.78 is 25.5. The molecule has 0 amide bonds. The molecule has 1 aliphatic heterocycles. The van der Waals surface area contributed by atoms with Crippen LogP contribution in [0.3, 0.4) is 0 Å². The first kappa shape index (κ1) is 21.5. The first-order chi connectivity index (χ1) is 13.5. The molecule has 1 saturated heterocycles. The Labute approximate surface area is 175 Å². The van der Waals surface area contributed by atoms with Crippen molar-refractivity contribution in [1.82, 2.24) is 0 Å². The maximum absolute atomic E-state index is 14.0. The summed E-state index contributed by atoms with van der Waals surface area (Å²) in [4.78, 5) is 26.1. The van der Waals surface area contributed by atoms with Crippen LogP contribution in [-0.2, 0) is 20.7 Å². The number of hydrogen-bond donors (Lipinski definition) is 0. The monoisotopic (exact) mass is 418 g/mol. The molecule has 0 unspecified atom stereocenters. The Bertz CT molecular complexity index is 955. The molecule has 0 spiro atoms. The van der Waals surface area contributed by atoms with E-state index in [1.165, 1.54) is 12.1 Å². The molecule has 1 fully saturated rings. The molecule has 2 aromatic rings. The number of benzene rings is 2. The SMILES string of the molecule is CCc1cc(Oc2ccc(Cl)cc2F)ccc1C1C(=O)C(C)(C)OC(C)(C)C1=O. The topological polar surface area (TPSA) is 52.6 Å². The second kappa shape index (κ2) is 7.54. The smallest absolute Gasteiger partial charge is 0.179 e. The summed E-state index contributed by atoms with van der Waals surface area (Å²) >= 11 is 5.78. The molecule has 1 aliphatic rings. The van der Waals surface area contributed by atoms with E-state index in [4.69, 9.17) is 21.1 Å². The molecule has 0 radical (unpaired) electrons. The number of Topliss-reactive ketones (excluding diaryl/α,β-unsaturated/α-hetero) is 2. The number of aryl methyl sites for hydroxylation is 1. The lowest BCUT2D eigenvalue weighted by molar-refractivity contribution is -0.184. The molecule has 29 heavy (non-hydrogen) atoms. The zero-order chi connectivity index (χ0) is 21.6. The highest BCUT2D eigenvalue weighted by atomic mass is 35.5. The molecule has 4 nitrogen and oxygen atoms in total. The van der Waals surface area contributed by atoms with Gasteiger partial charge in [-0.3, -0.25) is 9.59 Å². The van der Waals surface area contributed by atoms with Crippen molar-refractivity contribution in [2.24, 2.45) is 0 Å². The van der Waals surface area contributed by atoms with Crippen LogP contribution in [0.15, 0.2) is 36.4 Å². The van der Waals surface area contributed by atoms with E-state index in [0.717, 1.165) is 5.56 Å². The van der Waals surface area contributed by atoms with Crippen LogP contribution in [0.5, 0.6) is 11.5 Å². The molecule has 2 aromatic carbocycles. The van der Waals surface area contributed by atoms with E-state index in [2.05, 4.69) is 0 Å². The molecule has 0 saturated carbocycles. The predicted octanol–water partition coefficient (Wildman–Crippen LogP) is 5.64. The van der Waals surface area contributed by atoms with Crippen molar-refractivity contribution < 1.29 is 23.5 Å². The minimum absolute atomic E-state index is 0.0460. The largest absolute Gasteiger partial charge is 0.454 e. The molecule has 0 N–H and O–H groups in total. The molecule has 6 heteroatoms. The van der Waals surface area contributed by atoms with Gasteiger partial charge in [-0.1, -0.05) is 24.6 Å². The highest BCUT2D eigenvalue weighted by Crippen LogP contribution is 2.40. The van der Waals surface area contributed by atoms with Crippen LogP contribution in [0.25, 0.3) is 0 Å². The van der Waals surface area contributed by atoms with Crippen molar-refractivity contribution in [3.8, 4) is 11.5 Å². The Kier molecular flexibility index (Phi) is 5.58. The first-order valence-electron chi connectivity index (χ1n) is 9.51. The lowest BCUT2D eigenvalue weighted by Crippen LogP contribution is -2.58. The van der Waals surface area contributed by atoms with Crippen molar-refractivity contribution in [2.45, 2.75) is 58.2 Å². The van der Waals surface area contributed by atoms with Crippen molar-refractivity contribution in [3.63, 3.8) is 0 Å². The Morgan fingerprint density at radius 1 is 1.03 bits per heavy atom. The van der Waals surface area contributed by atoms with Crippen LogP contribution in [0.4, 0.5) is 4.39 Å². The summed E-state index contributed by atoms with van der Waals surface area (Å²) in [6.45, 7) is 8.66. The third-order valence-electron chi connectivity index (χ3n) is 5.15. The van der Waals surface area contributed by atoms with Gasteiger partial charge in [-0.2, -0.15) is 0 Å². The summed E-state index contributed by atoms with van der Waals surface area (Å²) in [6, 6.07) is 9.25. The average molecular weight is 419 g/mol. The van der Waals surface area contributed by atoms with Crippen LogP contribution in [-0.4, -0.2) is 22.8 Å². The fourth-order valence-corrected chi connectivity index (χ4v) is 3.91. The van der Waals surface area contributed by atoms with Crippen molar-refractivity contribution in [2.75, 3.05) is 0 Å². The summed E-state index contributed by atoms with van der Waals surface area (Å²) in [6.07, 6.45) is 0.578. The van der Waals surface area contributed by atoms with Crippen molar-refractivity contribution in [1.29, 1.82) is 0 Å². The number of carbonyl (C=O) groups excluding carboxylic acids is 2. The highest BCUT2D eigenvalue weighted by Gasteiger charge is 2.53. The van der Waals surface area contributed by atoms with Gasteiger partial charge in [0.05, 0.1) is 0 Å². The van der Waals surface area contributed by atoms with Crippen LogP contribution in [0.2, 0.25) is 5.02 Å². The van der Waals surface area contributed by atoms with E-state index >= 15 is 0 Å². The van der Waals surface area contributed by atoms with Gasteiger partial charge in [0, 0.05) is 5.02 Å². The molecule has 0 atom stereocenters. The van der Waals surface area contributed by atoms with Gasteiger partial charge >= 0.3 is 0 Å². The maximum Gasteiger partial charge on any atom is 0.179 e. The molecule has 0 aliphatic carbocycles. The van der Waals surface area contributed by atoms with Gasteiger partial charge in [0.25, 0.3) is 0 Å². The maximum atomic E-state index is 14.0. The molecule has 3 rings (SSSR count). The van der Waals surface area contributed by atoms with E-state index in [-0.39, 0.29) is 22.3 Å². The van der Waals surface area contributed by atoms with Gasteiger partial charge in [-0.05, 0) is 75.6 Å². The van der Waals surface area contributed by atoms with Crippen molar-refractivity contribution in [3.05, 3.63) is 58.4 Å². The molecular weight excluding hydrogens is 395 g/mol. The van der Waals surface area contributed by atoms with E-state index < -0.39 is 22.9 Å². The highest BCUT2D eigenvalue weighted by molar-refractivity contribution is 6.30. The Morgan fingerprint density at radius 3 is 2.21 bits per heavy atom. The van der Waals surface area contributed by atoms with Gasteiger partial charge in [0.15, 0.2) is 23.1 Å². The summed E-state index contributed by atoms with van der Waals surface area (Å²) in [7, 11) is 0. The zero-order valence-electron chi connectivity index (χ0n) is 17.1. The predicted molar refractivity (Wildman–Crippen MR) is 109 cm³/mol. The molecular formula is C23H24ClFO4. The lowest BCUT2D eigenvalue weighted by Gasteiger charge is -2.43. The van der Waals surface area contributed by atoms with Gasteiger partial charge in [-0.15, -0.1) is 0 Å². The molecule has 1 heterocycles. The minimum Gasteiger partial charge on any atom is -0.454 e. The van der Waals surface area contributed by atoms with E-state index in [1.807, 2.05) is 6.92 Å². The number of ether oxygens (including phenoxy) is 2. The number of halogens is 2. The fourth-order valence-electron chi connectivity index (χ4n) is 3.75. The number of rotatable bonds is 4. The second-order valence-electron chi connectivity index (χ2n) is 8.18. The number of hydrogen-bond acceptors (Lipinski definition) is 4. The Balaban J connectivity index is 2.00. The molecule has 0 bridgehead atoms. The standard InChI is InChI=1S/C23H24ClFO4/c1-6-13-11-15(28-18-10-7-14(24)12-17(18)25)8-9-16(13)19-20(26)22(2,3)29-23(4,5)21(19)27/h7-12,19H,6H2,1-5H3. The van der Waals surface area contributed by atoms with Gasteiger partial charge in [-0.25, -0.2) is 4.39 Å². The quantitative estimate of drug-likeness (QED) is 0.602.